The molecule has 0 fully saturated rings. The molecule has 1 heterocycles. The van der Waals surface area contributed by atoms with Gasteiger partial charge in [0.15, 0.2) is 0 Å². The van der Waals surface area contributed by atoms with Crippen LogP contribution in [-0.4, -0.2) is 16.1 Å². The second-order valence-electron chi connectivity index (χ2n) is 3.96. The highest BCUT2D eigenvalue weighted by atomic mass is 16.4. The van der Waals surface area contributed by atoms with E-state index in [4.69, 9.17) is 10.4 Å². The molecule has 0 unspecified atom stereocenters. The Bertz CT molecular complexity index is 675. The summed E-state index contributed by atoms with van der Waals surface area (Å²) in [6.07, 6.45) is 2.77. The van der Waals surface area contributed by atoms with Gasteiger partial charge in [-0.1, -0.05) is 12.1 Å². The fourth-order valence-electron chi connectivity index (χ4n) is 1.74. The maximum Gasteiger partial charge on any atom is 0.339 e. The van der Waals surface area contributed by atoms with Crippen LogP contribution >= 0.6 is 0 Å². The third-order valence-corrected chi connectivity index (χ3v) is 2.71. The van der Waals surface area contributed by atoms with Crippen LogP contribution in [0.2, 0.25) is 0 Å². The van der Waals surface area contributed by atoms with Gasteiger partial charge in [-0.3, -0.25) is 4.98 Å². The maximum absolute atomic E-state index is 11.1. The van der Waals surface area contributed by atoms with Crippen LogP contribution in [0.15, 0.2) is 36.7 Å². The fourth-order valence-corrected chi connectivity index (χ4v) is 1.74. The van der Waals surface area contributed by atoms with Gasteiger partial charge in [0, 0.05) is 12.4 Å². The number of aromatic carboxylic acids is 1. The zero-order valence-electron chi connectivity index (χ0n) is 10.2. The summed E-state index contributed by atoms with van der Waals surface area (Å²) in [6, 6.07) is 9.04. The minimum absolute atomic E-state index is 0.0629. The average Bonchev–Trinajstić information content (AvgIpc) is 2.39. The number of carboxylic acids is 1. The zero-order valence-corrected chi connectivity index (χ0v) is 10.2. The number of nitriles is 1. The van der Waals surface area contributed by atoms with E-state index in [0.717, 1.165) is 5.56 Å². The molecule has 94 valence electrons. The third-order valence-electron chi connectivity index (χ3n) is 2.71. The molecule has 1 aromatic carbocycles. The lowest BCUT2D eigenvalue weighted by Crippen LogP contribution is -2.04. The molecule has 0 aliphatic carbocycles. The highest BCUT2D eigenvalue weighted by Crippen LogP contribution is 2.24. The minimum Gasteiger partial charge on any atom is -0.478 e. The molecule has 0 atom stereocenters. The molecule has 0 bridgehead atoms. The van der Waals surface area contributed by atoms with Crippen molar-refractivity contribution in [1.29, 1.82) is 5.26 Å². The predicted octanol–water partition coefficient (Wildman–Crippen LogP) is 2.70. The van der Waals surface area contributed by atoms with Crippen molar-refractivity contribution in [2.24, 2.45) is 0 Å². The van der Waals surface area contributed by atoms with Crippen LogP contribution < -0.4 is 5.32 Å². The molecular formula is C14H11N3O2. The summed E-state index contributed by atoms with van der Waals surface area (Å²) in [7, 11) is 0. The summed E-state index contributed by atoms with van der Waals surface area (Å²) in [5.74, 6) is -1.07. The van der Waals surface area contributed by atoms with Crippen molar-refractivity contribution in [2.45, 2.75) is 6.92 Å². The van der Waals surface area contributed by atoms with Crippen molar-refractivity contribution in [3.63, 3.8) is 0 Å². The molecule has 0 saturated carbocycles. The second kappa shape index (κ2) is 5.19. The second-order valence-corrected chi connectivity index (χ2v) is 3.96. The Morgan fingerprint density at radius 1 is 1.37 bits per heavy atom. The SMILES string of the molecule is Cc1cccc(Nc2ccncc2C(=O)O)c1C#N. The Balaban J connectivity index is 2.46. The van der Waals surface area contributed by atoms with Crippen molar-refractivity contribution in [3.05, 3.63) is 53.3 Å². The third kappa shape index (κ3) is 2.53. The molecule has 0 aliphatic rings. The number of anilines is 2. The molecule has 5 nitrogen and oxygen atoms in total. The van der Waals surface area contributed by atoms with E-state index in [2.05, 4.69) is 16.4 Å². The largest absolute Gasteiger partial charge is 0.478 e. The van der Waals surface area contributed by atoms with E-state index in [0.29, 0.717) is 16.9 Å². The number of benzene rings is 1. The Hall–Kier alpha value is -2.87. The fraction of sp³-hybridized carbons (Fsp3) is 0.0714. The monoisotopic (exact) mass is 253 g/mol. The Morgan fingerprint density at radius 2 is 2.16 bits per heavy atom. The highest BCUT2D eigenvalue weighted by molar-refractivity contribution is 5.95. The Morgan fingerprint density at radius 3 is 2.84 bits per heavy atom. The first-order valence-corrected chi connectivity index (χ1v) is 5.57. The summed E-state index contributed by atoms with van der Waals surface area (Å²) in [4.78, 5) is 14.9. The van der Waals surface area contributed by atoms with Crippen LogP contribution in [-0.2, 0) is 0 Å². The maximum atomic E-state index is 11.1. The highest BCUT2D eigenvalue weighted by Gasteiger charge is 2.12. The molecule has 0 spiro atoms. The number of nitrogens with zero attached hydrogens (tertiary/aromatic N) is 2. The van der Waals surface area contributed by atoms with Gasteiger partial charge in [-0.15, -0.1) is 0 Å². The Kier molecular flexibility index (Phi) is 3.44. The number of pyridine rings is 1. The Labute approximate surface area is 110 Å². The van der Waals surface area contributed by atoms with E-state index in [1.807, 2.05) is 13.0 Å². The van der Waals surface area contributed by atoms with E-state index in [1.54, 1.807) is 18.2 Å². The van der Waals surface area contributed by atoms with Crippen LogP contribution in [0.25, 0.3) is 0 Å². The average molecular weight is 253 g/mol. The zero-order chi connectivity index (χ0) is 13.8. The first-order valence-electron chi connectivity index (χ1n) is 5.57. The number of hydrogen-bond donors (Lipinski definition) is 2. The van der Waals surface area contributed by atoms with Crippen molar-refractivity contribution in [1.82, 2.24) is 4.98 Å². The van der Waals surface area contributed by atoms with Gasteiger partial charge in [-0.05, 0) is 24.6 Å². The van der Waals surface area contributed by atoms with Gasteiger partial charge in [0.05, 0.1) is 16.9 Å². The van der Waals surface area contributed by atoms with E-state index < -0.39 is 5.97 Å². The molecule has 0 radical (unpaired) electrons. The minimum atomic E-state index is -1.07. The smallest absolute Gasteiger partial charge is 0.339 e. The van der Waals surface area contributed by atoms with Crippen molar-refractivity contribution < 1.29 is 9.90 Å². The lowest BCUT2D eigenvalue weighted by Gasteiger charge is -2.11. The number of aromatic nitrogens is 1. The van der Waals surface area contributed by atoms with Gasteiger partial charge in [-0.2, -0.15) is 5.26 Å². The van der Waals surface area contributed by atoms with Crippen LogP contribution in [0.3, 0.4) is 0 Å². The lowest BCUT2D eigenvalue weighted by molar-refractivity contribution is 0.0697. The number of rotatable bonds is 3. The van der Waals surface area contributed by atoms with Crippen LogP contribution in [0.5, 0.6) is 0 Å². The van der Waals surface area contributed by atoms with Gasteiger partial charge in [0.25, 0.3) is 0 Å². The van der Waals surface area contributed by atoms with E-state index in [1.165, 1.54) is 12.4 Å². The van der Waals surface area contributed by atoms with Crippen molar-refractivity contribution in [2.75, 3.05) is 5.32 Å². The number of nitrogens with one attached hydrogen (secondary N) is 1. The molecular weight excluding hydrogens is 242 g/mol. The molecule has 0 saturated heterocycles. The number of carbonyl (C=O) groups is 1. The predicted molar refractivity (Wildman–Crippen MR) is 70.4 cm³/mol. The summed E-state index contributed by atoms with van der Waals surface area (Å²) in [5, 5.41) is 21.2. The van der Waals surface area contributed by atoms with Crippen molar-refractivity contribution >= 4 is 17.3 Å². The molecule has 2 aromatic rings. The molecule has 2 N–H and O–H groups in total. The van der Waals surface area contributed by atoms with Gasteiger partial charge in [0.2, 0.25) is 0 Å². The van der Waals surface area contributed by atoms with Crippen LogP contribution in [0.4, 0.5) is 11.4 Å². The molecule has 19 heavy (non-hydrogen) atoms. The van der Waals surface area contributed by atoms with E-state index in [9.17, 15) is 4.79 Å². The van der Waals surface area contributed by atoms with Gasteiger partial charge >= 0.3 is 5.97 Å². The molecule has 5 heteroatoms. The van der Waals surface area contributed by atoms with Gasteiger partial charge in [-0.25, -0.2) is 4.79 Å². The summed E-state index contributed by atoms with van der Waals surface area (Å²) < 4.78 is 0. The molecule has 0 amide bonds. The number of hydrogen-bond acceptors (Lipinski definition) is 4. The molecule has 0 aliphatic heterocycles. The topological polar surface area (TPSA) is 86.0 Å². The summed E-state index contributed by atoms with van der Waals surface area (Å²) in [5.41, 5.74) is 2.38. The summed E-state index contributed by atoms with van der Waals surface area (Å²) in [6.45, 7) is 1.83. The number of carboxylic acid groups (broad SMARTS) is 1. The van der Waals surface area contributed by atoms with E-state index >= 15 is 0 Å². The van der Waals surface area contributed by atoms with Gasteiger partial charge in [0.1, 0.15) is 11.6 Å². The molecule has 1 aromatic heterocycles. The quantitative estimate of drug-likeness (QED) is 0.878. The first-order chi connectivity index (χ1) is 9.13. The lowest BCUT2D eigenvalue weighted by atomic mass is 10.1. The van der Waals surface area contributed by atoms with Gasteiger partial charge < -0.3 is 10.4 Å². The normalized spacial score (nSPS) is 9.68. The number of aryl methyl sites for hydroxylation is 1. The van der Waals surface area contributed by atoms with Crippen LogP contribution in [0.1, 0.15) is 21.5 Å². The summed E-state index contributed by atoms with van der Waals surface area (Å²) >= 11 is 0. The van der Waals surface area contributed by atoms with Crippen molar-refractivity contribution in [3.8, 4) is 6.07 Å². The van der Waals surface area contributed by atoms with E-state index in [-0.39, 0.29) is 5.56 Å². The first kappa shape index (κ1) is 12.6. The van der Waals surface area contributed by atoms with Crippen LogP contribution in [0, 0.1) is 18.3 Å². The standard InChI is InChI=1S/C14H11N3O2/c1-9-3-2-4-12(10(9)7-15)17-13-5-6-16-8-11(13)14(18)19/h2-6,8H,1H3,(H,16,17)(H,18,19). The molecule has 2 rings (SSSR count).